The van der Waals surface area contributed by atoms with Gasteiger partial charge < -0.3 is 20.0 Å². The molecule has 5 rings (SSSR count). The maximum absolute atomic E-state index is 12.9. The summed E-state index contributed by atoms with van der Waals surface area (Å²) >= 11 is 0. The number of hydrogen-bond donors (Lipinski definition) is 1. The van der Waals surface area contributed by atoms with Gasteiger partial charge in [0.15, 0.2) is 0 Å². The summed E-state index contributed by atoms with van der Waals surface area (Å²) in [4.78, 5) is 40.4. The van der Waals surface area contributed by atoms with Crippen molar-refractivity contribution in [2.45, 2.75) is 18.9 Å². The number of fused-ring (bicyclic) bond motifs is 3. The summed E-state index contributed by atoms with van der Waals surface area (Å²) in [6.45, 7) is 1.54. The third-order valence-electron chi connectivity index (χ3n) is 6.67. The normalized spacial score (nSPS) is 17.4. The molecule has 2 amide bonds. The predicted octanol–water partition coefficient (Wildman–Crippen LogP) is 3.18. The van der Waals surface area contributed by atoms with Crippen LogP contribution >= 0.6 is 0 Å². The van der Waals surface area contributed by atoms with Crippen LogP contribution in [0.25, 0.3) is 11.3 Å². The lowest BCUT2D eigenvalue weighted by Crippen LogP contribution is -2.34. The molecule has 174 valence electrons. The molecule has 0 saturated carbocycles. The standard InChI is InChI=1S/C26H28N6O2/c1-30(2)20-12-13-32(16-20)25(34)17-8-10-19(11-9-17)28-26-27-15-18-14-23(33)31(3)22-7-5-4-6-21(22)24(18)29-26/h4-11,15,20H,12-14,16H2,1-3H3,(H,27,28,29)/t20-/m1/s1. The first kappa shape index (κ1) is 22.0. The van der Waals surface area contributed by atoms with Crippen LogP contribution in [0, 0.1) is 0 Å². The lowest BCUT2D eigenvalue weighted by molar-refractivity contribution is -0.117. The Hall–Kier alpha value is -3.78. The van der Waals surface area contributed by atoms with Crippen molar-refractivity contribution in [2.75, 3.05) is 44.4 Å². The Balaban J connectivity index is 1.35. The van der Waals surface area contributed by atoms with E-state index in [0.29, 0.717) is 17.6 Å². The molecular weight excluding hydrogens is 428 g/mol. The van der Waals surface area contributed by atoms with Crippen molar-refractivity contribution in [3.8, 4) is 11.3 Å². The van der Waals surface area contributed by atoms with Gasteiger partial charge in [-0.1, -0.05) is 18.2 Å². The molecule has 3 heterocycles. The Bertz CT molecular complexity index is 1240. The van der Waals surface area contributed by atoms with Crippen LogP contribution < -0.4 is 10.2 Å². The van der Waals surface area contributed by atoms with Gasteiger partial charge in [-0.05, 0) is 50.8 Å². The predicted molar refractivity (Wildman–Crippen MR) is 132 cm³/mol. The summed E-state index contributed by atoms with van der Waals surface area (Å²) in [5.41, 5.74) is 4.75. The molecule has 1 N–H and O–H groups in total. The number of likely N-dealkylation sites (tertiary alicyclic amines) is 1. The summed E-state index contributed by atoms with van der Waals surface area (Å²) in [6, 6.07) is 15.6. The molecule has 2 aliphatic rings. The Kier molecular flexibility index (Phi) is 5.75. The first-order valence-corrected chi connectivity index (χ1v) is 11.5. The molecule has 1 aromatic heterocycles. The van der Waals surface area contributed by atoms with Gasteiger partial charge in [0.05, 0.1) is 17.8 Å². The summed E-state index contributed by atoms with van der Waals surface area (Å²) in [6.07, 6.45) is 2.96. The van der Waals surface area contributed by atoms with Crippen LogP contribution in [-0.2, 0) is 11.2 Å². The molecule has 0 spiro atoms. The molecule has 8 nitrogen and oxygen atoms in total. The minimum atomic E-state index is 0.00525. The van der Waals surface area contributed by atoms with Crippen molar-refractivity contribution < 1.29 is 9.59 Å². The van der Waals surface area contributed by atoms with Crippen molar-refractivity contribution in [3.05, 3.63) is 65.9 Å². The van der Waals surface area contributed by atoms with Gasteiger partial charge in [-0.25, -0.2) is 9.97 Å². The van der Waals surface area contributed by atoms with Crippen molar-refractivity contribution >= 4 is 29.1 Å². The molecule has 2 aliphatic heterocycles. The third-order valence-corrected chi connectivity index (χ3v) is 6.67. The highest BCUT2D eigenvalue weighted by atomic mass is 16.2. The molecule has 0 unspecified atom stereocenters. The SMILES string of the molecule is CN1C(=O)Cc2cnc(Nc3ccc(C(=O)N4CC[C@@H](N(C)C)C4)cc3)nc2-c2ccccc21. The quantitative estimate of drug-likeness (QED) is 0.650. The fourth-order valence-electron chi connectivity index (χ4n) is 4.57. The minimum Gasteiger partial charge on any atom is -0.337 e. The molecule has 1 atom stereocenters. The zero-order chi connectivity index (χ0) is 23.8. The molecule has 0 bridgehead atoms. The zero-order valence-corrected chi connectivity index (χ0v) is 19.7. The summed E-state index contributed by atoms with van der Waals surface area (Å²) in [5, 5.41) is 3.23. The van der Waals surface area contributed by atoms with E-state index in [1.807, 2.05) is 53.4 Å². The lowest BCUT2D eigenvalue weighted by atomic mass is 10.1. The van der Waals surface area contributed by atoms with Crippen LogP contribution in [0.1, 0.15) is 22.3 Å². The second-order valence-corrected chi connectivity index (χ2v) is 9.07. The monoisotopic (exact) mass is 456 g/mol. The van der Waals surface area contributed by atoms with Crippen molar-refractivity contribution in [3.63, 3.8) is 0 Å². The Morgan fingerprint density at radius 1 is 1.12 bits per heavy atom. The van der Waals surface area contributed by atoms with Crippen LogP contribution in [-0.4, -0.2) is 71.9 Å². The van der Waals surface area contributed by atoms with Crippen LogP contribution in [0.5, 0.6) is 0 Å². The Morgan fingerprint density at radius 2 is 1.88 bits per heavy atom. The van der Waals surface area contributed by atoms with Gasteiger partial charge in [-0.3, -0.25) is 9.59 Å². The van der Waals surface area contributed by atoms with Crippen molar-refractivity contribution in [1.29, 1.82) is 0 Å². The summed E-state index contributed by atoms with van der Waals surface area (Å²) in [7, 11) is 5.89. The fourth-order valence-corrected chi connectivity index (χ4v) is 4.57. The molecule has 8 heteroatoms. The highest BCUT2D eigenvalue weighted by Crippen LogP contribution is 2.35. The molecule has 1 fully saturated rings. The summed E-state index contributed by atoms with van der Waals surface area (Å²) in [5.74, 6) is 0.506. The molecular formula is C26H28N6O2. The van der Waals surface area contributed by atoms with Gasteiger partial charge in [0.1, 0.15) is 0 Å². The van der Waals surface area contributed by atoms with Gasteiger partial charge in [0.25, 0.3) is 5.91 Å². The van der Waals surface area contributed by atoms with E-state index in [4.69, 9.17) is 4.98 Å². The molecule has 0 aliphatic carbocycles. The van der Waals surface area contributed by atoms with Crippen molar-refractivity contribution in [2.24, 2.45) is 0 Å². The average Bonchev–Trinajstić information content (AvgIpc) is 3.32. The van der Waals surface area contributed by atoms with Crippen LogP contribution in [0.15, 0.2) is 54.7 Å². The van der Waals surface area contributed by atoms with Gasteiger partial charge in [0.2, 0.25) is 11.9 Å². The fraction of sp³-hybridized carbons (Fsp3) is 0.308. The number of amides is 2. The number of carbonyl (C=O) groups is 2. The van der Waals surface area contributed by atoms with E-state index in [1.54, 1.807) is 18.1 Å². The van der Waals surface area contributed by atoms with E-state index in [2.05, 4.69) is 29.3 Å². The number of nitrogens with zero attached hydrogens (tertiary/aromatic N) is 5. The number of hydrogen-bond acceptors (Lipinski definition) is 6. The second-order valence-electron chi connectivity index (χ2n) is 9.07. The van der Waals surface area contributed by atoms with E-state index in [1.165, 1.54) is 0 Å². The number of aromatic nitrogens is 2. The number of benzene rings is 2. The second kappa shape index (κ2) is 8.87. The molecule has 0 radical (unpaired) electrons. The van der Waals surface area contributed by atoms with Gasteiger partial charge in [-0.15, -0.1) is 0 Å². The van der Waals surface area contributed by atoms with Crippen LogP contribution in [0.4, 0.5) is 17.3 Å². The number of nitrogens with one attached hydrogen (secondary N) is 1. The number of carbonyl (C=O) groups excluding carboxylic acids is 2. The maximum atomic E-state index is 12.9. The maximum Gasteiger partial charge on any atom is 0.253 e. The number of likely N-dealkylation sites (N-methyl/N-ethyl adjacent to an activating group) is 2. The van der Waals surface area contributed by atoms with E-state index in [9.17, 15) is 9.59 Å². The van der Waals surface area contributed by atoms with E-state index in [0.717, 1.165) is 47.7 Å². The highest BCUT2D eigenvalue weighted by Gasteiger charge is 2.28. The van der Waals surface area contributed by atoms with Gasteiger partial charge in [-0.2, -0.15) is 0 Å². The number of rotatable bonds is 4. The molecule has 1 saturated heterocycles. The third kappa shape index (κ3) is 4.12. The van der Waals surface area contributed by atoms with Crippen molar-refractivity contribution in [1.82, 2.24) is 19.8 Å². The molecule has 34 heavy (non-hydrogen) atoms. The average molecular weight is 457 g/mol. The number of anilines is 3. The first-order chi connectivity index (χ1) is 16.4. The largest absolute Gasteiger partial charge is 0.337 e. The lowest BCUT2D eigenvalue weighted by Gasteiger charge is -2.20. The van der Waals surface area contributed by atoms with Gasteiger partial charge >= 0.3 is 0 Å². The van der Waals surface area contributed by atoms with Crippen LogP contribution in [0.3, 0.4) is 0 Å². The topological polar surface area (TPSA) is 81.7 Å². The molecule has 3 aromatic rings. The first-order valence-electron chi connectivity index (χ1n) is 11.5. The van der Waals surface area contributed by atoms with E-state index >= 15 is 0 Å². The highest BCUT2D eigenvalue weighted by molar-refractivity contribution is 6.01. The Morgan fingerprint density at radius 3 is 2.62 bits per heavy atom. The van der Waals surface area contributed by atoms with E-state index in [-0.39, 0.29) is 18.2 Å². The minimum absolute atomic E-state index is 0.00525. The summed E-state index contributed by atoms with van der Waals surface area (Å²) < 4.78 is 0. The zero-order valence-electron chi connectivity index (χ0n) is 19.7. The molecule has 2 aromatic carbocycles. The smallest absolute Gasteiger partial charge is 0.253 e. The van der Waals surface area contributed by atoms with E-state index < -0.39 is 0 Å². The van der Waals surface area contributed by atoms with Gasteiger partial charge in [0, 0.05) is 54.8 Å². The Labute approximate surface area is 199 Å². The number of para-hydroxylation sites is 1. The van der Waals surface area contributed by atoms with Crippen LogP contribution in [0.2, 0.25) is 0 Å².